The summed E-state index contributed by atoms with van der Waals surface area (Å²) in [6, 6.07) is 0. The SMILES string of the molecule is CCC(F)OP=O.[NaH]. The molecule has 0 heterocycles. The maximum atomic E-state index is 11.7. The zero-order valence-corrected chi connectivity index (χ0v) is 4.82. The third kappa shape index (κ3) is 6.99. The van der Waals surface area contributed by atoms with Gasteiger partial charge in [0.1, 0.15) is 0 Å². The summed E-state index contributed by atoms with van der Waals surface area (Å²) in [7, 11) is -0.585. The summed E-state index contributed by atoms with van der Waals surface area (Å²) in [5.41, 5.74) is 0. The van der Waals surface area contributed by atoms with Gasteiger partial charge in [-0.3, -0.25) is 4.52 Å². The molecule has 0 aliphatic carbocycles. The van der Waals surface area contributed by atoms with Crippen molar-refractivity contribution >= 4 is 38.2 Å². The summed E-state index contributed by atoms with van der Waals surface area (Å²) in [5, 5.41) is 0. The molecule has 0 aliphatic rings. The fourth-order valence-electron chi connectivity index (χ4n) is 0.121. The molecule has 0 aromatic carbocycles. The van der Waals surface area contributed by atoms with E-state index in [1.807, 2.05) is 0 Å². The van der Waals surface area contributed by atoms with Crippen LogP contribution in [0.15, 0.2) is 0 Å². The molecule has 0 bridgehead atoms. The summed E-state index contributed by atoms with van der Waals surface area (Å²) in [5.74, 6) is 0. The van der Waals surface area contributed by atoms with Crippen LogP contribution in [0.25, 0.3) is 0 Å². The summed E-state index contributed by atoms with van der Waals surface area (Å²) >= 11 is 0. The number of hydrogen-bond acceptors (Lipinski definition) is 2. The first-order valence-corrected chi connectivity index (χ1v) is 2.66. The molecule has 0 aliphatic heterocycles. The molecular weight excluding hydrogens is 141 g/mol. The van der Waals surface area contributed by atoms with E-state index in [-0.39, 0.29) is 36.0 Å². The summed E-state index contributed by atoms with van der Waals surface area (Å²) < 4.78 is 25.1. The molecule has 0 saturated heterocycles. The van der Waals surface area contributed by atoms with Crippen molar-refractivity contribution < 1.29 is 13.5 Å². The van der Waals surface area contributed by atoms with Crippen molar-refractivity contribution in [2.24, 2.45) is 0 Å². The van der Waals surface area contributed by atoms with Crippen molar-refractivity contribution in [2.45, 2.75) is 19.7 Å². The van der Waals surface area contributed by atoms with Crippen molar-refractivity contribution in [3.63, 3.8) is 0 Å². The van der Waals surface area contributed by atoms with Gasteiger partial charge in [-0.05, 0) is 0 Å². The van der Waals surface area contributed by atoms with Gasteiger partial charge in [0.15, 0.2) is 0 Å². The van der Waals surface area contributed by atoms with E-state index in [4.69, 9.17) is 0 Å². The first kappa shape index (κ1) is 11.7. The van der Waals surface area contributed by atoms with Gasteiger partial charge < -0.3 is 0 Å². The molecule has 1 atom stereocenters. The standard InChI is InChI=1S/C3H6FO2P.Na.H/c1-2-3(4)6-7-5;;/h3H,2H2,1H3;;. The average Bonchev–Trinajstić information content (AvgIpc) is 1.68. The predicted molar refractivity (Wildman–Crippen MR) is 31.0 cm³/mol. The minimum atomic E-state index is -1.38. The molecule has 44 valence electrons. The Kier molecular flexibility index (Phi) is 11.7. The molecule has 1 unspecified atom stereocenters. The molecule has 8 heavy (non-hydrogen) atoms. The second-order valence-electron chi connectivity index (χ2n) is 0.998. The topological polar surface area (TPSA) is 26.3 Å². The zero-order chi connectivity index (χ0) is 5.70. The number of hydrogen-bond donors (Lipinski definition) is 0. The van der Waals surface area contributed by atoms with Crippen molar-refractivity contribution in [1.82, 2.24) is 0 Å². The molecule has 2 nitrogen and oxygen atoms in total. The Morgan fingerprint density at radius 3 is 2.50 bits per heavy atom. The maximum absolute atomic E-state index is 11.7. The van der Waals surface area contributed by atoms with E-state index >= 15 is 0 Å². The van der Waals surface area contributed by atoms with Crippen molar-refractivity contribution in [3.8, 4) is 0 Å². The van der Waals surface area contributed by atoms with E-state index in [9.17, 15) is 8.96 Å². The second kappa shape index (κ2) is 7.99. The minimum absolute atomic E-state index is 0. The molecule has 0 fully saturated rings. The molecule has 5 heteroatoms. The second-order valence-corrected chi connectivity index (χ2v) is 1.36. The Morgan fingerprint density at radius 2 is 2.38 bits per heavy atom. The van der Waals surface area contributed by atoms with E-state index in [0.29, 0.717) is 0 Å². The monoisotopic (exact) mass is 148 g/mol. The van der Waals surface area contributed by atoms with Crippen LogP contribution in [0.2, 0.25) is 0 Å². The van der Waals surface area contributed by atoms with Crippen LogP contribution < -0.4 is 0 Å². The fourth-order valence-corrected chi connectivity index (χ4v) is 0.364. The molecule has 0 rings (SSSR count). The Hall–Kier alpha value is 0.990. The van der Waals surface area contributed by atoms with E-state index < -0.39 is 15.0 Å². The van der Waals surface area contributed by atoms with Crippen LogP contribution >= 0.6 is 8.69 Å². The molecule has 0 amide bonds. The molecule has 0 aromatic rings. The van der Waals surface area contributed by atoms with Crippen LogP contribution in [-0.2, 0) is 9.09 Å². The van der Waals surface area contributed by atoms with Gasteiger partial charge in [0.05, 0.1) is 0 Å². The Labute approximate surface area is 71.4 Å². The molecule has 0 saturated carbocycles. The van der Waals surface area contributed by atoms with E-state index in [0.717, 1.165) is 0 Å². The van der Waals surface area contributed by atoms with E-state index in [1.54, 1.807) is 6.92 Å². The quantitative estimate of drug-likeness (QED) is 0.445. The van der Waals surface area contributed by atoms with Gasteiger partial charge >= 0.3 is 38.2 Å². The Bertz CT molecular complexity index is 63.2. The van der Waals surface area contributed by atoms with Gasteiger partial charge in [-0.2, -0.15) is 0 Å². The Balaban J connectivity index is 0. The normalized spacial score (nSPS) is 12.8. The number of halogens is 1. The summed E-state index contributed by atoms with van der Waals surface area (Å²) in [6.45, 7) is 1.61. The van der Waals surface area contributed by atoms with Crippen LogP contribution in [0.5, 0.6) is 0 Å². The number of alkyl halides is 1. The molecule has 0 N–H and O–H groups in total. The summed E-state index contributed by atoms with van der Waals surface area (Å²) in [4.78, 5) is 0. The molecule has 0 radical (unpaired) electrons. The molecular formula is C3H7FNaO2P. The van der Waals surface area contributed by atoms with Gasteiger partial charge in [-0.15, -0.1) is 0 Å². The third-order valence-corrected chi connectivity index (χ3v) is 0.793. The van der Waals surface area contributed by atoms with Crippen LogP contribution in [0.4, 0.5) is 4.39 Å². The predicted octanol–water partition coefficient (Wildman–Crippen LogP) is 1.27. The summed E-state index contributed by atoms with van der Waals surface area (Å²) in [6.07, 6.45) is -1.13. The fraction of sp³-hybridized carbons (Fsp3) is 1.00. The van der Waals surface area contributed by atoms with E-state index in [1.165, 1.54) is 0 Å². The third-order valence-electron chi connectivity index (χ3n) is 0.478. The van der Waals surface area contributed by atoms with Gasteiger partial charge in [0, 0.05) is 6.42 Å². The number of rotatable bonds is 3. The van der Waals surface area contributed by atoms with Crippen LogP contribution in [0.1, 0.15) is 13.3 Å². The van der Waals surface area contributed by atoms with Crippen molar-refractivity contribution in [3.05, 3.63) is 0 Å². The molecule has 0 aromatic heterocycles. The van der Waals surface area contributed by atoms with Crippen molar-refractivity contribution in [1.29, 1.82) is 0 Å². The van der Waals surface area contributed by atoms with Gasteiger partial charge in [0.25, 0.3) is 0 Å². The zero-order valence-electron chi connectivity index (χ0n) is 3.93. The first-order chi connectivity index (χ1) is 3.31. The Morgan fingerprint density at radius 1 is 1.88 bits per heavy atom. The van der Waals surface area contributed by atoms with Gasteiger partial charge in [0.2, 0.25) is 6.36 Å². The average molecular weight is 148 g/mol. The van der Waals surface area contributed by atoms with Crippen LogP contribution in [0.3, 0.4) is 0 Å². The van der Waals surface area contributed by atoms with E-state index in [2.05, 4.69) is 4.52 Å². The van der Waals surface area contributed by atoms with Gasteiger partial charge in [-0.1, -0.05) is 6.92 Å². The molecule has 0 spiro atoms. The van der Waals surface area contributed by atoms with Crippen LogP contribution in [0, 0.1) is 0 Å². The van der Waals surface area contributed by atoms with Crippen molar-refractivity contribution in [2.75, 3.05) is 0 Å². The first-order valence-electron chi connectivity index (χ1n) is 1.93. The van der Waals surface area contributed by atoms with Gasteiger partial charge in [-0.25, -0.2) is 8.96 Å². The van der Waals surface area contributed by atoms with Crippen LogP contribution in [-0.4, -0.2) is 35.9 Å².